The molecule has 0 unspecified atom stereocenters. The maximum Gasteiger partial charge on any atom is 0.0109 e. The summed E-state index contributed by atoms with van der Waals surface area (Å²) in [7, 11) is 2.22. The summed E-state index contributed by atoms with van der Waals surface area (Å²) in [5, 5.41) is 1.14. The highest BCUT2D eigenvalue weighted by molar-refractivity contribution is 9.09. The van der Waals surface area contributed by atoms with Crippen molar-refractivity contribution < 1.29 is 0 Å². The molecule has 72 valence electrons. The molecule has 0 saturated carbocycles. The number of hydrogen-bond donors (Lipinski definition) is 0. The van der Waals surface area contributed by atoms with Crippen LogP contribution in [0.1, 0.15) is 12.8 Å². The van der Waals surface area contributed by atoms with Crippen LogP contribution in [-0.2, 0) is 0 Å². The van der Waals surface area contributed by atoms with Gasteiger partial charge in [-0.25, -0.2) is 0 Å². The van der Waals surface area contributed by atoms with Gasteiger partial charge in [0.15, 0.2) is 0 Å². The van der Waals surface area contributed by atoms with E-state index >= 15 is 0 Å². The molecule has 0 spiro atoms. The van der Waals surface area contributed by atoms with Crippen molar-refractivity contribution in [1.82, 2.24) is 9.80 Å². The first kappa shape index (κ1) is 10.5. The molecule has 1 aliphatic rings. The van der Waals surface area contributed by atoms with Crippen molar-refractivity contribution >= 4 is 15.9 Å². The van der Waals surface area contributed by atoms with E-state index in [1.807, 2.05) is 0 Å². The summed E-state index contributed by atoms with van der Waals surface area (Å²) in [6, 6.07) is 0. The number of likely N-dealkylation sites (N-methyl/N-ethyl adjacent to an activating group) is 1. The average Bonchev–Trinajstić information content (AvgIpc) is 2.27. The van der Waals surface area contributed by atoms with Crippen LogP contribution < -0.4 is 0 Å². The van der Waals surface area contributed by atoms with Gasteiger partial charge in [-0.3, -0.25) is 0 Å². The van der Waals surface area contributed by atoms with Crippen LogP contribution in [0.15, 0.2) is 0 Å². The molecule has 2 nitrogen and oxygen atoms in total. The zero-order valence-electron chi connectivity index (χ0n) is 7.93. The first-order chi connectivity index (χ1) is 5.83. The van der Waals surface area contributed by atoms with E-state index < -0.39 is 0 Å². The van der Waals surface area contributed by atoms with E-state index in [9.17, 15) is 0 Å². The third-order valence-electron chi connectivity index (χ3n) is 2.42. The third-order valence-corrected chi connectivity index (χ3v) is 2.98. The normalized spacial score (nSPS) is 22.5. The minimum Gasteiger partial charge on any atom is -0.305 e. The van der Waals surface area contributed by atoms with Crippen LogP contribution in [0.4, 0.5) is 0 Å². The molecule has 0 bridgehead atoms. The molecule has 1 aliphatic heterocycles. The average molecular weight is 235 g/mol. The number of nitrogens with zero attached hydrogens (tertiary/aromatic N) is 2. The van der Waals surface area contributed by atoms with Crippen molar-refractivity contribution in [3.63, 3.8) is 0 Å². The topological polar surface area (TPSA) is 6.48 Å². The molecule has 1 rings (SSSR count). The molecule has 0 aromatic heterocycles. The van der Waals surface area contributed by atoms with Gasteiger partial charge in [-0.15, -0.1) is 0 Å². The summed E-state index contributed by atoms with van der Waals surface area (Å²) in [5.74, 6) is 0. The first-order valence-corrected chi connectivity index (χ1v) is 5.92. The largest absolute Gasteiger partial charge is 0.305 e. The summed E-state index contributed by atoms with van der Waals surface area (Å²) >= 11 is 3.47. The minimum absolute atomic E-state index is 1.14. The second-order valence-electron chi connectivity index (χ2n) is 3.54. The second-order valence-corrected chi connectivity index (χ2v) is 4.33. The molecule has 12 heavy (non-hydrogen) atoms. The Kier molecular flexibility index (Phi) is 5.19. The minimum atomic E-state index is 1.14. The molecule has 0 N–H and O–H groups in total. The van der Waals surface area contributed by atoms with Crippen molar-refractivity contribution in [1.29, 1.82) is 0 Å². The van der Waals surface area contributed by atoms with E-state index in [2.05, 4.69) is 32.8 Å². The Hall–Kier alpha value is 0.400. The van der Waals surface area contributed by atoms with Gasteiger partial charge in [-0.2, -0.15) is 0 Å². The molecule has 1 fully saturated rings. The smallest absolute Gasteiger partial charge is 0.0109 e. The van der Waals surface area contributed by atoms with Gasteiger partial charge in [0, 0.05) is 18.4 Å². The third kappa shape index (κ3) is 3.87. The van der Waals surface area contributed by atoms with E-state index in [0.29, 0.717) is 0 Å². The zero-order chi connectivity index (χ0) is 8.81. The SMILES string of the molecule is CN1CCCN(CCCBr)CC1. The molecular formula is C9H19BrN2. The fourth-order valence-corrected chi connectivity index (χ4v) is 1.86. The Balaban J connectivity index is 2.17. The van der Waals surface area contributed by atoms with E-state index in [0.717, 1.165) is 5.33 Å². The highest BCUT2D eigenvalue weighted by atomic mass is 79.9. The van der Waals surface area contributed by atoms with Crippen LogP contribution in [0, 0.1) is 0 Å². The van der Waals surface area contributed by atoms with Crippen LogP contribution >= 0.6 is 15.9 Å². The van der Waals surface area contributed by atoms with Crippen molar-refractivity contribution in [2.45, 2.75) is 12.8 Å². The second kappa shape index (κ2) is 5.95. The Morgan fingerprint density at radius 3 is 2.75 bits per heavy atom. The van der Waals surface area contributed by atoms with Crippen molar-refractivity contribution in [3.05, 3.63) is 0 Å². The first-order valence-electron chi connectivity index (χ1n) is 4.80. The quantitative estimate of drug-likeness (QED) is 0.682. The van der Waals surface area contributed by atoms with Gasteiger partial charge in [-0.05, 0) is 39.5 Å². The lowest BCUT2D eigenvalue weighted by molar-refractivity contribution is 0.278. The predicted molar refractivity (Wildman–Crippen MR) is 57.0 cm³/mol. The zero-order valence-corrected chi connectivity index (χ0v) is 9.52. The molecule has 0 aromatic carbocycles. The van der Waals surface area contributed by atoms with Gasteiger partial charge in [0.1, 0.15) is 0 Å². The fraction of sp³-hybridized carbons (Fsp3) is 1.00. The Morgan fingerprint density at radius 1 is 1.17 bits per heavy atom. The van der Waals surface area contributed by atoms with Crippen molar-refractivity contribution in [2.24, 2.45) is 0 Å². The van der Waals surface area contributed by atoms with Gasteiger partial charge in [-0.1, -0.05) is 15.9 Å². The van der Waals surface area contributed by atoms with Crippen LogP contribution in [0.25, 0.3) is 0 Å². The molecule has 3 heteroatoms. The maximum atomic E-state index is 3.47. The summed E-state index contributed by atoms with van der Waals surface area (Å²) < 4.78 is 0. The van der Waals surface area contributed by atoms with Crippen LogP contribution in [0.3, 0.4) is 0 Å². The summed E-state index contributed by atoms with van der Waals surface area (Å²) in [6.07, 6.45) is 2.61. The van der Waals surface area contributed by atoms with E-state index in [4.69, 9.17) is 0 Å². The van der Waals surface area contributed by atoms with Crippen molar-refractivity contribution in [2.75, 3.05) is 45.1 Å². The lowest BCUT2D eigenvalue weighted by Gasteiger charge is -2.19. The molecule has 1 heterocycles. The summed E-state index contributed by atoms with van der Waals surface area (Å²) in [5.41, 5.74) is 0. The Labute approximate surface area is 84.0 Å². The fourth-order valence-electron chi connectivity index (χ4n) is 1.61. The van der Waals surface area contributed by atoms with Gasteiger partial charge >= 0.3 is 0 Å². The highest BCUT2D eigenvalue weighted by Crippen LogP contribution is 2.02. The maximum absolute atomic E-state index is 3.47. The molecular weight excluding hydrogens is 216 g/mol. The summed E-state index contributed by atoms with van der Waals surface area (Å²) in [6.45, 7) is 6.31. The lowest BCUT2D eigenvalue weighted by Crippen LogP contribution is -2.29. The van der Waals surface area contributed by atoms with Crippen LogP contribution in [-0.4, -0.2) is 54.9 Å². The lowest BCUT2D eigenvalue weighted by atomic mass is 10.3. The molecule has 1 saturated heterocycles. The monoisotopic (exact) mass is 234 g/mol. The number of rotatable bonds is 3. The van der Waals surface area contributed by atoms with Gasteiger partial charge < -0.3 is 9.80 Å². The van der Waals surface area contributed by atoms with E-state index in [1.165, 1.54) is 45.6 Å². The van der Waals surface area contributed by atoms with Crippen LogP contribution in [0.5, 0.6) is 0 Å². The Bertz CT molecular complexity index is 117. The van der Waals surface area contributed by atoms with Gasteiger partial charge in [0.25, 0.3) is 0 Å². The van der Waals surface area contributed by atoms with Gasteiger partial charge in [0.2, 0.25) is 0 Å². The van der Waals surface area contributed by atoms with Crippen molar-refractivity contribution in [3.8, 4) is 0 Å². The standard InChI is InChI=1S/C9H19BrN2/c1-11-5-3-7-12(9-8-11)6-2-4-10/h2-9H2,1H3. The molecule has 0 atom stereocenters. The van der Waals surface area contributed by atoms with Crippen LogP contribution in [0.2, 0.25) is 0 Å². The van der Waals surface area contributed by atoms with Gasteiger partial charge in [0.05, 0.1) is 0 Å². The molecule has 0 radical (unpaired) electrons. The van der Waals surface area contributed by atoms with E-state index in [1.54, 1.807) is 0 Å². The number of halogens is 1. The molecule has 0 aromatic rings. The van der Waals surface area contributed by atoms with E-state index in [-0.39, 0.29) is 0 Å². The number of alkyl halides is 1. The summed E-state index contributed by atoms with van der Waals surface area (Å²) in [4.78, 5) is 5.00. The predicted octanol–water partition coefficient (Wildman–Crippen LogP) is 1.41. The highest BCUT2D eigenvalue weighted by Gasteiger charge is 2.10. The molecule has 0 aliphatic carbocycles. The molecule has 0 amide bonds. The number of hydrogen-bond acceptors (Lipinski definition) is 2. The Morgan fingerprint density at radius 2 is 2.00 bits per heavy atom.